The number of hydrogen-bond donors (Lipinski definition) is 2. The third-order valence-corrected chi connectivity index (χ3v) is 4.95. The highest BCUT2D eigenvalue weighted by Gasteiger charge is 2.19. The predicted molar refractivity (Wildman–Crippen MR) is 83.1 cm³/mol. The molecule has 0 amide bonds. The number of hydrogen-bond acceptors (Lipinski definition) is 3. The zero-order chi connectivity index (χ0) is 15.6. The van der Waals surface area contributed by atoms with Gasteiger partial charge in [-0.25, -0.2) is 12.8 Å². The van der Waals surface area contributed by atoms with E-state index in [1.807, 2.05) is 0 Å². The number of anilines is 1. The Labute approximate surface area is 131 Å². The summed E-state index contributed by atoms with van der Waals surface area (Å²) in [6.07, 6.45) is 1.52. The molecule has 2 N–H and O–H groups in total. The quantitative estimate of drug-likeness (QED) is 0.843. The molecule has 8 heteroatoms. The van der Waals surface area contributed by atoms with Crippen LogP contribution in [0.15, 0.2) is 39.8 Å². The molecule has 0 spiro atoms. The van der Waals surface area contributed by atoms with Crippen molar-refractivity contribution < 1.29 is 12.8 Å². The van der Waals surface area contributed by atoms with Crippen LogP contribution in [0.25, 0.3) is 0 Å². The standard InChI is InChI=1S/C13H15BrFN3O2S/c1-16-7-10-6-11(8-18(10)2)21(19,20)17-13-5-9(15)3-4-12(13)14/h3-6,8,16-17H,7H2,1-2H3. The first-order chi connectivity index (χ1) is 9.83. The van der Waals surface area contributed by atoms with Gasteiger partial charge < -0.3 is 9.88 Å². The van der Waals surface area contributed by atoms with Gasteiger partial charge in [-0.2, -0.15) is 0 Å². The highest BCUT2D eigenvalue weighted by Crippen LogP contribution is 2.26. The average Bonchev–Trinajstić information content (AvgIpc) is 2.77. The molecule has 0 saturated heterocycles. The summed E-state index contributed by atoms with van der Waals surface area (Å²) in [6, 6.07) is 5.39. The number of aromatic nitrogens is 1. The van der Waals surface area contributed by atoms with Gasteiger partial charge in [0.2, 0.25) is 0 Å². The van der Waals surface area contributed by atoms with E-state index in [4.69, 9.17) is 0 Å². The molecule has 2 rings (SSSR count). The Kier molecular flexibility index (Phi) is 4.70. The zero-order valence-electron chi connectivity index (χ0n) is 11.5. The lowest BCUT2D eigenvalue weighted by Gasteiger charge is -2.08. The molecule has 21 heavy (non-hydrogen) atoms. The van der Waals surface area contributed by atoms with Gasteiger partial charge in [-0.3, -0.25) is 4.72 Å². The molecular formula is C13H15BrFN3O2S. The summed E-state index contributed by atoms with van der Waals surface area (Å²) >= 11 is 3.19. The summed E-state index contributed by atoms with van der Waals surface area (Å²) in [5.74, 6) is -0.514. The lowest BCUT2D eigenvalue weighted by molar-refractivity contribution is 0.601. The van der Waals surface area contributed by atoms with Gasteiger partial charge in [-0.1, -0.05) is 0 Å². The fourth-order valence-corrected chi connectivity index (χ4v) is 3.50. The second-order valence-electron chi connectivity index (χ2n) is 4.54. The molecular weight excluding hydrogens is 361 g/mol. The second kappa shape index (κ2) is 6.17. The van der Waals surface area contributed by atoms with E-state index in [0.717, 1.165) is 11.8 Å². The Balaban J connectivity index is 2.34. The summed E-state index contributed by atoms with van der Waals surface area (Å²) in [4.78, 5) is 0.131. The Bertz CT molecular complexity index is 759. The van der Waals surface area contributed by atoms with E-state index >= 15 is 0 Å². The number of nitrogens with zero attached hydrogens (tertiary/aromatic N) is 1. The minimum atomic E-state index is -3.77. The average molecular weight is 376 g/mol. The Morgan fingerprint density at radius 2 is 2.05 bits per heavy atom. The van der Waals surface area contributed by atoms with Gasteiger partial charge >= 0.3 is 0 Å². The van der Waals surface area contributed by atoms with Crippen molar-refractivity contribution in [1.82, 2.24) is 9.88 Å². The molecule has 0 saturated carbocycles. The first kappa shape index (κ1) is 16.0. The SMILES string of the molecule is CNCc1cc(S(=O)(=O)Nc2cc(F)ccc2Br)cn1C. The van der Waals surface area contributed by atoms with E-state index < -0.39 is 15.8 Å². The largest absolute Gasteiger partial charge is 0.352 e. The van der Waals surface area contributed by atoms with E-state index in [0.29, 0.717) is 11.0 Å². The van der Waals surface area contributed by atoms with Gasteiger partial charge in [-0.05, 0) is 47.2 Å². The van der Waals surface area contributed by atoms with Crippen LogP contribution in [-0.2, 0) is 23.6 Å². The van der Waals surface area contributed by atoms with Crippen molar-refractivity contribution in [1.29, 1.82) is 0 Å². The van der Waals surface area contributed by atoms with Gasteiger partial charge in [0.15, 0.2) is 0 Å². The van der Waals surface area contributed by atoms with Crippen molar-refractivity contribution in [2.24, 2.45) is 7.05 Å². The molecule has 0 aliphatic carbocycles. The molecule has 0 aliphatic heterocycles. The molecule has 0 unspecified atom stereocenters. The van der Waals surface area contributed by atoms with E-state index in [9.17, 15) is 12.8 Å². The summed E-state index contributed by atoms with van der Waals surface area (Å²) in [5, 5.41) is 2.96. The van der Waals surface area contributed by atoms with Crippen molar-refractivity contribution in [2.45, 2.75) is 11.4 Å². The number of sulfonamides is 1. The van der Waals surface area contributed by atoms with Gasteiger partial charge in [0.05, 0.1) is 5.69 Å². The number of nitrogens with one attached hydrogen (secondary N) is 2. The van der Waals surface area contributed by atoms with Crippen LogP contribution >= 0.6 is 15.9 Å². The zero-order valence-corrected chi connectivity index (χ0v) is 13.9. The molecule has 0 fully saturated rings. The molecule has 0 bridgehead atoms. The van der Waals surface area contributed by atoms with Crippen molar-refractivity contribution in [3.05, 3.63) is 46.4 Å². The minimum Gasteiger partial charge on any atom is -0.352 e. The first-order valence-corrected chi connectivity index (χ1v) is 8.39. The van der Waals surface area contributed by atoms with Crippen molar-refractivity contribution in [3.63, 3.8) is 0 Å². The summed E-state index contributed by atoms with van der Waals surface area (Å²) in [5.41, 5.74) is 0.991. The van der Waals surface area contributed by atoms with E-state index in [1.54, 1.807) is 24.7 Å². The highest BCUT2D eigenvalue weighted by molar-refractivity contribution is 9.10. The first-order valence-electron chi connectivity index (χ1n) is 6.11. The molecule has 2 aromatic rings. The third-order valence-electron chi connectivity index (χ3n) is 2.92. The number of rotatable bonds is 5. The van der Waals surface area contributed by atoms with Crippen molar-refractivity contribution in [3.8, 4) is 0 Å². The normalized spacial score (nSPS) is 11.6. The third kappa shape index (κ3) is 3.63. The molecule has 1 heterocycles. The van der Waals surface area contributed by atoms with Crippen LogP contribution in [0.2, 0.25) is 0 Å². The van der Waals surface area contributed by atoms with Crippen LogP contribution in [0.4, 0.5) is 10.1 Å². The van der Waals surface area contributed by atoms with Gasteiger partial charge in [0.1, 0.15) is 10.7 Å². The van der Waals surface area contributed by atoms with Crippen molar-refractivity contribution >= 4 is 31.6 Å². The lowest BCUT2D eigenvalue weighted by Crippen LogP contribution is -2.13. The number of halogens is 2. The van der Waals surface area contributed by atoms with Crippen LogP contribution in [-0.4, -0.2) is 20.0 Å². The van der Waals surface area contributed by atoms with Gasteiger partial charge in [-0.15, -0.1) is 0 Å². The Morgan fingerprint density at radius 1 is 1.33 bits per heavy atom. The van der Waals surface area contributed by atoms with Crippen LogP contribution in [0.1, 0.15) is 5.69 Å². The fourth-order valence-electron chi connectivity index (χ4n) is 1.86. The Hall–Kier alpha value is -1.38. The van der Waals surface area contributed by atoms with Gasteiger partial charge in [0, 0.05) is 30.0 Å². The van der Waals surface area contributed by atoms with Crippen LogP contribution in [0.3, 0.4) is 0 Å². The number of benzene rings is 1. The molecule has 0 atom stereocenters. The molecule has 0 aliphatic rings. The van der Waals surface area contributed by atoms with Crippen LogP contribution in [0.5, 0.6) is 0 Å². The molecule has 1 aromatic heterocycles. The number of aryl methyl sites for hydroxylation is 1. The topological polar surface area (TPSA) is 63.1 Å². The summed E-state index contributed by atoms with van der Waals surface area (Å²) in [7, 11) is -0.219. The highest BCUT2D eigenvalue weighted by atomic mass is 79.9. The molecule has 114 valence electrons. The van der Waals surface area contributed by atoms with Crippen LogP contribution < -0.4 is 10.0 Å². The maximum atomic E-state index is 13.2. The molecule has 1 aromatic carbocycles. The van der Waals surface area contributed by atoms with Crippen molar-refractivity contribution in [2.75, 3.05) is 11.8 Å². The Morgan fingerprint density at radius 3 is 2.71 bits per heavy atom. The molecule has 5 nitrogen and oxygen atoms in total. The fraction of sp³-hybridized carbons (Fsp3) is 0.231. The molecule has 0 radical (unpaired) electrons. The summed E-state index contributed by atoms with van der Waals surface area (Å²) in [6.45, 7) is 0.551. The van der Waals surface area contributed by atoms with Gasteiger partial charge in [0.25, 0.3) is 10.0 Å². The lowest BCUT2D eigenvalue weighted by atomic mass is 10.3. The maximum absolute atomic E-state index is 13.2. The van der Waals surface area contributed by atoms with E-state index in [1.165, 1.54) is 18.3 Å². The smallest absolute Gasteiger partial charge is 0.263 e. The van der Waals surface area contributed by atoms with E-state index in [-0.39, 0.29) is 10.6 Å². The minimum absolute atomic E-state index is 0.131. The van der Waals surface area contributed by atoms with E-state index in [2.05, 4.69) is 26.0 Å². The summed E-state index contributed by atoms with van der Waals surface area (Å²) < 4.78 is 42.5. The monoisotopic (exact) mass is 375 g/mol. The van der Waals surface area contributed by atoms with Crippen LogP contribution in [0, 0.1) is 5.82 Å². The predicted octanol–water partition coefficient (Wildman–Crippen LogP) is 2.45. The second-order valence-corrected chi connectivity index (χ2v) is 7.07. The maximum Gasteiger partial charge on any atom is 0.263 e.